The SMILES string of the molecule is CCCCCCCCCCCCNCCCOCCOC. The van der Waals surface area contributed by atoms with E-state index in [1.165, 1.54) is 64.2 Å². The molecule has 1 N–H and O–H groups in total. The molecule has 128 valence electrons. The Morgan fingerprint density at radius 1 is 0.619 bits per heavy atom. The summed E-state index contributed by atoms with van der Waals surface area (Å²) in [7, 11) is 1.71. The van der Waals surface area contributed by atoms with E-state index >= 15 is 0 Å². The van der Waals surface area contributed by atoms with E-state index in [4.69, 9.17) is 9.47 Å². The normalized spacial score (nSPS) is 11.1. The molecule has 0 radical (unpaired) electrons. The van der Waals surface area contributed by atoms with Crippen LogP contribution in [-0.2, 0) is 9.47 Å². The highest BCUT2D eigenvalue weighted by molar-refractivity contribution is 4.51. The van der Waals surface area contributed by atoms with Crippen LogP contribution in [0.3, 0.4) is 0 Å². The minimum absolute atomic E-state index is 0.700. The zero-order chi connectivity index (χ0) is 15.4. The predicted molar refractivity (Wildman–Crippen MR) is 92.0 cm³/mol. The molecule has 0 aliphatic rings. The minimum Gasteiger partial charge on any atom is -0.382 e. The number of ether oxygens (including phenoxy) is 2. The van der Waals surface area contributed by atoms with E-state index in [0.29, 0.717) is 6.61 Å². The lowest BCUT2D eigenvalue weighted by molar-refractivity contribution is 0.0695. The van der Waals surface area contributed by atoms with Crippen molar-refractivity contribution in [2.75, 3.05) is 40.0 Å². The molecule has 21 heavy (non-hydrogen) atoms. The van der Waals surface area contributed by atoms with Crippen LogP contribution in [0.2, 0.25) is 0 Å². The molecule has 0 aliphatic carbocycles. The van der Waals surface area contributed by atoms with Crippen molar-refractivity contribution in [3.63, 3.8) is 0 Å². The molecule has 0 saturated heterocycles. The van der Waals surface area contributed by atoms with Gasteiger partial charge < -0.3 is 14.8 Å². The molecule has 0 saturated carbocycles. The Labute approximate surface area is 133 Å². The van der Waals surface area contributed by atoms with Crippen LogP contribution in [-0.4, -0.2) is 40.0 Å². The zero-order valence-corrected chi connectivity index (χ0v) is 14.6. The molecule has 0 heterocycles. The molecule has 0 rings (SSSR count). The van der Waals surface area contributed by atoms with Crippen molar-refractivity contribution in [1.82, 2.24) is 5.32 Å². The van der Waals surface area contributed by atoms with E-state index in [-0.39, 0.29) is 0 Å². The highest BCUT2D eigenvalue weighted by Crippen LogP contribution is 2.10. The van der Waals surface area contributed by atoms with Crippen LogP contribution in [0.15, 0.2) is 0 Å². The summed E-state index contributed by atoms with van der Waals surface area (Å²) in [5.74, 6) is 0. The average Bonchev–Trinajstić information content (AvgIpc) is 2.50. The molecule has 0 amide bonds. The molecule has 0 aromatic carbocycles. The smallest absolute Gasteiger partial charge is 0.0700 e. The lowest BCUT2D eigenvalue weighted by atomic mass is 10.1. The van der Waals surface area contributed by atoms with Crippen LogP contribution in [0.1, 0.15) is 77.6 Å². The van der Waals surface area contributed by atoms with Crippen molar-refractivity contribution < 1.29 is 9.47 Å². The summed E-state index contributed by atoms with van der Waals surface area (Å²) in [6.45, 7) is 6.77. The molecule has 0 atom stereocenters. The molecule has 0 unspecified atom stereocenters. The first-order chi connectivity index (χ1) is 10.4. The fourth-order valence-electron chi connectivity index (χ4n) is 2.41. The van der Waals surface area contributed by atoms with Gasteiger partial charge in [-0.05, 0) is 25.9 Å². The van der Waals surface area contributed by atoms with Crippen LogP contribution in [0.4, 0.5) is 0 Å². The topological polar surface area (TPSA) is 30.5 Å². The Bertz CT molecular complexity index is 159. The van der Waals surface area contributed by atoms with Gasteiger partial charge in [0, 0.05) is 13.7 Å². The maximum Gasteiger partial charge on any atom is 0.0700 e. The average molecular weight is 302 g/mol. The lowest BCUT2D eigenvalue weighted by Gasteiger charge is -2.06. The second-order valence-electron chi connectivity index (χ2n) is 5.89. The van der Waals surface area contributed by atoms with Gasteiger partial charge in [0.15, 0.2) is 0 Å². The van der Waals surface area contributed by atoms with E-state index < -0.39 is 0 Å². The molecule has 3 heteroatoms. The summed E-state index contributed by atoms with van der Waals surface area (Å²) in [5, 5.41) is 3.49. The highest BCUT2D eigenvalue weighted by Gasteiger charge is 1.93. The minimum atomic E-state index is 0.700. The standard InChI is InChI=1S/C18H39NO2/c1-3-4-5-6-7-8-9-10-11-12-14-19-15-13-16-21-18-17-20-2/h19H,3-18H2,1-2H3. The monoisotopic (exact) mass is 301 g/mol. The predicted octanol–water partition coefficient (Wildman–Crippen LogP) is 4.55. The van der Waals surface area contributed by atoms with Crippen LogP contribution in [0, 0.1) is 0 Å². The Morgan fingerprint density at radius 3 is 1.81 bits per heavy atom. The fraction of sp³-hybridized carbons (Fsp3) is 1.00. The molecule has 0 aromatic heterocycles. The van der Waals surface area contributed by atoms with Gasteiger partial charge in [-0.3, -0.25) is 0 Å². The zero-order valence-electron chi connectivity index (χ0n) is 14.6. The van der Waals surface area contributed by atoms with E-state index in [9.17, 15) is 0 Å². The first-order valence-corrected chi connectivity index (χ1v) is 9.19. The van der Waals surface area contributed by atoms with Crippen molar-refractivity contribution in [3.05, 3.63) is 0 Å². The van der Waals surface area contributed by atoms with Crippen molar-refractivity contribution in [1.29, 1.82) is 0 Å². The Balaban J connectivity index is 2.90. The van der Waals surface area contributed by atoms with Crippen LogP contribution < -0.4 is 5.32 Å². The van der Waals surface area contributed by atoms with Gasteiger partial charge in [0.05, 0.1) is 13.2 Å². The quantitative estimate of drug-likeness (QED) is 0.377. The van der Waals surface area contributed by atoms with Gasteiger partial charge in [-0.25, -0.2) is 0 Å². The summed E-state index contributed by atoms with van der Waals surface area (Å²) < 4.78 is 10.3. The summed E-state index contributed by atoms with van der Waals surface area (Å²) >= 11 is 0. The van der Waals surface area contributed by atoms with Gasteiger partial charge >= 0.3 is 0 Å². The number of nitrogens with one attached hydrogen (secondary N) is 1. The van der Waals surface area contributed by atoms with Crippen LogP contribution in [0.5, 0.6) is 0 Å². The third kappa shape index (κ3) is 19.9. The fourth-order valence-corrected chi connectivity index (χ4v) is 2.41. The largest absolute Gasteiger partial charge is 0.382 e. The molecule has 0 aliphatic heterocycles. The van der Waals surface area contributed by atoms with Crippen LogP contribution >= 0.6 is 0 Å². The summed E-state index contributed by atoms with van der Waals surface area (Å²) in [5.41, 5.74) is 0. The number of unbranched alkanes of at least 4 members (excludes halogenated alkanes) is 9. The molecular formula is C18H39NO2. The third-order valence-corrected chi connectivity index (χ3v) is 3.78. The maximum absolute atomic E-state index is 5.42. The molecule has 3 nitrogen and oxygen atoms in total. The van der Waals surface area contributed by atoms with E-state index in [2.05, 4.69) is 12.2 Å². The molecular weight excluding hydrogens is 262 g/mol. The molecule has 0 fully saturated rings. The van der Waals surface area contributed by atoms with Gasteiger partial charge in [-0.2, -0.15) is 0 Å². The second-order valence-corrected chi connectivity index (χ2v) is 5.89. The van der Waals surface area contributed by atoms with Crippen molar-refractivity contribution in [2.24, 2.45) is 0 Å². The number of hydrogen-bond donors (Lipinski definition) is 1. The van der Waals surface area contributed by atoms with E-state index in [1.807, 2.05) is 0 Å². The first-order valence-electron chi connectivity index (χ1n) is 9.19. The van der Waals surface area contributed by atoms with Gasteiger partial charge in [0.25, 0.3) is 0 Å². The Morgan fingerprint density at radius 2 is 1.19 bits per heavy atom. The molecule has 0 spiro atoms. The van der Waals surface area contributed by atoms with E-state index in [0.717, 1.165) is 32.7 Å². The van der Waals surface area contributed by atoms with Gasteiger partial charge in [0.2, 0.25) is 0 Å². The second kappa shape index (κ2) is 19.9. The van der Waals surface area contributed by atoms with Gasteiger partial charge in [-0.15, -0.1) is 0 Å². The van der Waals surface area contributed by atoms with Crippen molar-refractivity contribution in [3.8, 4) is 0 Å². The van der Waals surface area contributed by atoms with Crippen molar-refractivity contribution in [2.45, 2.75) is 77.6 Å². The van der Waals surface area contributed by atoms with Crippen molar-refractivity contribution >= 4 is 0 Å². The Kier molecular flexibility index (Phi) is 19.8. The Hall–Kier alpha value is -0.120. The summed E-state index contributed by atoms with van der Waals surface area (Å²) in [6.07, 6.45) is 15.2. The van der Waals surface area contributed by atoms with Gasteiger partial charge in [0.1, 0.15) is 0 Å². The first kappa shape index (κ1) is 20.9. The van der Waals surface area contributed by atoms with Crippen LogP contribution in [0.25, 0.3) is 0 Å². The number of rotatable bonds is 18. The highest BCUT2D eigenvalue weighted by atomic mass is 16.5. The summed E-state index contributed by atoms with van der Waals surface area (Å²) in [4.78, 5) is 0. The molecule has 0 aromatic rings. The molecule has 0 bridgehead atoms. The maximum atomic E-state index is 5.42. The third-order valence-electron chi connectivity index (χ3n) is 3.78. The summed E-state index contributed by atoms with van der Waals surface area (Å²) in [6, 6.07) is 0. The lowest BCUT2D eigenvalue weighted by Crippen LogP contribution is -2.18. The number of methoxy groups -OCH3 is 1. The number of hydrogen-bond acceptors (Lipinski definition) is 3. The van der Waals surface area contributed by atoms with E-state index in [1.54, 1.807) is 7.11 Å². The van der Waals surface area contributed by atoms with Gasteiger partial charge in [-0.1, -0.05) is 64.7 Å².